The Bertz CT molecular complexity index is 370. The molecular weight excluding hydrogens is 200 g/mol. The summed E-state index contributed by atoms with van der Waals surface area (Å²) >= 11 is 0. The van der Waals surface area contributed by atoms with Crippen molar-refractivity contribution < 1.29 is 0 Å². The van der Waals surface area contributed by atoms with E-state index in [1.54, 1.807) is 0 Å². The molecule has 1 aliphatic heterocycles. The van der Waals surface area contributed by atoms with E-state index in [4.69, 9.17) is 5.73 Å². The van der Waals surface area contributed by atoms with E-state index in [1.807, 2.05) is 26.1 Å². The number of likely N-dealkylation sites (N-methyl/N-ethyl adjacent to an activating group) is 1. The van der Waals surface area contributed by atoms with Crippen molar-refractivity contribution in [2.45, 2.75) is 31.7 Å². The first kappa shape index (κ1) is 11.5. The van der Waals surface area contributed by atoms with E-state index in [2.05, 4.69) is 21.9 Å². The molecule has 16 heavy (non-hydrogen) atoms. The number of nitrogens with two attached hydrogens (primary N) is 1. The summed E-state index contributed by atoms with van der Waals surface area (Å²) in [6, 6.07) is 2.01. The Morgan fingerprint density at radius 3 is 2.81 bits per heavy atom. The van der Waals surface area contributed by atoms with Gasteiger partial charge >= 0.3 is 0 Å². The highest BCUT2D eigenvalue weighted by atomic mass is 15.1. The Kier molecular flexibility index (Phi) is 2.95. The molecule has 0 aliphatic carbocycles. The van der Waals surface area contributed by atoms with Crippen LogP contribution >= 0.6 is 0 Å². The van der Waals surface area contributed by atoms with Gasteiger partial charge in [0.1, 0.15) is 5.82 Å². The van der Waals surface area contributed by atoms with Crippen molar-refractivity contribution in [3.05, 3.63) is 23.8 Å². The average molecular weight is 220 g/mol. The van der Waals surface area contributed by atoms with Crippen molar-refractivity contribution in [1.29, 1.82) is 0 Å². The smallest absolute Gasteiger partial charge is 0.147 e. The van der Waals surface area contributed by atoms with Gasteiger partial charge in [0.05, 0.1) is 5.54 Å². The molecule has 2 N–H and O–H groups in total. The fraction of sp³-hybridized carbons (Fsp3) is 0.667. The number of aromatic nitrogens is 2. The Balaban J connectivity index is 2.23. The molecule has 1 aromatic heterocycles. The van der Waals surface area contributed by atoms with Crippen LogP contribution in [0.5, 0.6) is 0 Å². The normalized spacial score (nSPS) is 22.6. The minimum atomic E-state index is -0.458. The van der Waals surface area contributed by atoms with E-state index in [1.165, 1.54) is 6.42 Å². The second kappa shape index (κ2) is 4.11. The first-order chi connectivity index (χ1) is 7.47. The van der Waals surface area contributed by atoms with Crippen LogP contribution in [0, 0.1) is 0 Å². The van der Waals surface area contributed by atoms with Crippen molar-refractivity contribution in [3.8, 4) is 0 Å². The quantitative estimate of drug-likeness (QED) is 0.810. The van der Waals surface area contributed by atoms with E-state index < -0.39 is 5.54 Å². The number of likely N-dealkylation sites (tertiary alicyclic amines) is 1. The van der Waals surface area contributed by atoms with Crippen LogP contribution in [0.25, 0.3) is 0 Å². The maximum atomic E-state index is 6.02. The first-order valence-electron chi connectivity index (χ1n) is 5.77. The topological polar surface area (TPSA) is 55.0 Å². The summed E-state index contributed by atoms with van der Waals surface area (Å²) in [5, 5.41) is 0. The second-order valence-corrected chi connectivity index (χ2v) is 5.27. The lowest BCUT2D eigenvalue weighted by molar-refractivity contribution is 0.410. The predicted octanol–water partition coefficient (Wildman–Crippen LogP) is 1.09. The van der Waals surface area contributed by atoms with Crippen LogP contribution in [-0.4, -0.2) is 35.0 Å². The van der Waals surface area contributed by atoms with Crippen LogP contribution in [-0.2, 0) is 5.54 Å². The second-order valence-electron chi connectivity index (χ2n) is 5.27. The first-order valence-corrected chi connectivity index (χ1v) is 5.77. The number of rotatable bonds is 2. The molecule has 1 aliphatic rings. The standard InChI is InChI=1S/C12H20N4/c1-12(2,13)11-14-6-4-10(15-11)9-5-7-16(3)8-9/h4,6,9H,5,7-8,13H2,1-3H3. The summed E-state index contributed by atoms with van der Waals surface area (Å²) in [6.45, 7) is 6.11. The van der Waals surface area contributed by atoms with E-state index >= 15 is 0 Å². The van der Waals surface area contributed by atoms with Gasteiger partial charge in [-0.2, -0.15) is 0 Å². The third-order valence-corrected chi connectivity index (χ3v) is 3.06. The van der Waals surface area contributed by atoms with Crippen LogP contribution in [0.1, 0.15) is 37.7 Å². The Morgan fingerprint density at radius 1 is 1.50 bits per heavy atom. The van der Waals surface area contributed by atoms with E-state index in [9.17, 15) is 0 Å². The summed E-state index contributed by atoms with van der Waals surface area (Å²) in [6.07, 6.45) is 3.00. The van der Waals surface area contributed by atoms with Crippen molar-refractivity contribution in [3.63, 3.8) is 0 Å². The summed E-state index contributed by atoms with van der Waals surface area (Å²) in [5.74, 6) is 1.27. The molecular formula is C12H20N4. The SMILES string of the molecule is CN1CCC(c2ccnc(C(C)(C)N)n2)C1. The molecule has 1 saturated heterocycles. The molecule has 88 valence electrons. The fourth-order valence-electron chi connectivity index (χ4n) is 2.09. The fourth-order valence-corrected chi connectivity index (χ4v) is 2.09. The average Bonchev–Trinajstić information content (AvgIpc) is 2.64. The molecule has 4 heteroatoms. The molecule has 0 bridgehead atoms. The van der Waals surface area contributed by atoms with Crippen molar-refractivity contribution in [1.82, 2.24) is 14.9 Å². The van der Waals surface area contributed by atoms with E-state index in [-0.39, 0.29) is 0 Å². The number of hydrogen-bond acceptors (Lipinski definition) is 4. The van der Waals surface area contributed by atoms with Crippen LogP contribution in [0.3, 0.4) is 0 Å². The minimum Gasteiger partial charge on any atom is -0.319 e. The van der Waals surface area contributed by atoms with Gasteiger partial charge in [0.25, 0.3) is 0 Å². The Morgan fingerprint density at radius 2 is 2.25 bits per heavy atom. The third-order valence-electron chi connectivity index (χ3n) is 3.06. The molecule has 1 atom stereocenters. The molecule has 2 heterocycles. The zero-order valence-corrected chi connectivity index (χ0v) is 10.3. The van der Waals surface area contributed by atoms with Crippen molar-refractivity contribution in [2.24, 2.45) is 5.73 Å². The van der Waals surface area contributed by atoms with Gasteiger partial charge in [-0.15, -0.1) is 0 Å². The minimum absolute atomic E-state index is 0.458. The van der Waals surface area contributed by atoms with Gasteiger partial charge in [0.15, 0.2) is 0 Å². The van der Waals surface area contributed by atoms with Crippen LogP contribution in [0.2, 0.25) is 0 Å². The maximum Gasteiger partial charge on any atom is 0.147 e. The summed E-state index contributed by atoms with van der Waals surface area (Å²) in [4.78, 5) is 11.2. The molecule has 4 nitrogen and oxygen atoms in total. The molecule has 0 spiro atoms. The summed E-state index contributed by atoms with van der Waals surface area (Å²) in [5.41, 5.74) is 6.69. The Labute approximate surface area is 96.9 Å². The van der Waals surface area contributed by atoms with Crippen LogP contribution in [0.15, 0.2) is 12.3 Å². The number of nitrogens with zero attached hydrogens (tertiary/aromatic N) is 3. The highest BCUT2D eigenvalue weighted by Crippen LogP contribution is 2.25. The van der Waals surface area contributed by atoms with Gasteiger partial charge in [-0.05, 0) is 39.9 Å². The van der Waals surface area contributed by atoms with Gasteiger partial charge < -0.3 is 10.6 Å². The lowest BCUT2D eigenvalue weighted by Gasteiger charge is -2.18. The van der Waals surface area contributed by atoms with Crippen molar-refractivity contribution in [2.75, 3.05) is 20.1 Å². The van der Waals surface area contributed by atoms with Crippen LogP contribution < -0.4 is 5.73 Å². The molecule has 0 amide bonds. The molecule has 0 radical (unpaired) electrons. The van der Waals surface area contributed by atoms with Gasteiger partial charge in [0, 0.05) is 24.4 Å². The van der Waals surface area contributed by atoms with E-state index in [0.29, 0.717) is 5.92 Å². The van der Waals surface area contributed by atoms with Crippen molar-refractivity contribution >= 4 is 0 Å². The molecule has 0 aromatic carbocycles. The highest BCUT2D eigenvalue weighted by molar-refractivity contribution is 5.13. The monoisotopic (exact) mass is 220 g/mol. The largest absolute Gasteiger partial charge is 0.319 e. The lowest BCUT2D eigenvalue weighted by Crippen LogP contribution is -2.31. The maximum absolute atomic E-state index is 6.02. The third kappa shape index (κ3) is 2.39. The molecule has 0 saturated carbocycles. The lowest BCUT2D eigenvalue weighted by atomic mass is 10.0. The van der Waals surface area contributed by atoms with Gasteiger partial charge in [-0.25, -0.2) is 9.97 Å². The number of hydrogen-bond donors (Lipinski definition) is 1. The summed E-state index contributed by atoms with van der Waals surface area (Å²) < 4.78 is 0. The molecule has 1 aromatic rings. The van der Waals surface area contributed by atoms with Gasteiger partial charge in [-0.3, -0.25) is 0 Å². The van der Waals surface area contributed by atoms with Crippen LogP contribution in [0.4, 0.5) is 0 Å². The van der Waals surface area contributed by atoms with Gasteiger partial charge in [0.2, 0.25) is 0 Å². The highest BCUT2D eigenvalue weighted by Gasteiger charge is 2.24. The van der Waals surface area contributed by atoms with E-state index in [0.717, 1.165) is 24.6 Å². The zero-order valence-electron chi connectivity index (χ0n) is 10.3. The van der Waals surface area contributed by atoms with Gasteiger partial charge in [-0.1, -0.05) is 0 Å². The summed E-state index contributed by atoms with van der Waals surface area (Å²) in [7, 11) is 2.15. The Hall–Kier alpha value is -1.00. The molecule has 1 unspecified atom stereocenters. The predicted molar refractivity (Wildman–Crippen MR) is 64.1 cm³/mol. The molecule has 1 fully saturated rings. The zero-order chi connectivity index (χ0) is 11.8. The molecule has 2 rings (SSSR count).